The Morgan fingerprint density at radius 2 is 2.06 bits per heavy atom. The zero-order valence-electron chi connectivity index (χ0n) is 9.72. The van der Waals surface area contributed by atoms with Crippen molar-refractivity contribution in [3.63, 3.8) is 0 Å². The highest BCUT2D eigenvalue weighted by Crippen LogP contribution is 2.24. The number of nitrogens with zero attached hydrogens (tertiary/aromatic N) is 1. The second-order valence-electron chi connectivity index (χ2n) is 3.32. The number of hydrogen-bond donors (Lipinski definition) is 1. The lowest BCUT2D eigenvalue weighted by Crippen LogP contribution is -2.24. The predicted molar refractivity (Wildman–Crippen MR) is 64.7 cm³/mol. The summed E-state index contributed by atoms with van der Waals surface area (Å²) in [5.41, 5.74) is -0.478. The molecule has 0 atom stereocenters. The molecule has 0 aliphatic carbocycles. The van der Waals surface area contributed by atoms with Crippen LogP contribution in [0.5, 0.6) is 0 Å². The lowest BCUT2D eigenvalue weighted by molar-refractivity contribution is -0.0958. The summed E-state index contributed by atoms with van der Waals surface area (Å²) in [7, 11) is 2.72. The Hall–Kier alpha value is -1.30. The Bertz CT molecular complexity index is 444. The van der Waals surface area contributed by atoms with Crippen LogP contribution in [0.15, 0.2) is 28.9 Å². The van der Waals surface area contributed by atoms with Crippen molar-refractivity contribution in [2.45, 2.75) is 13.1 Å². The Kier molecular flexibility index (Phi) is 4.34. The van der Waals surface area contributed by atoms with Crippen LogP contribution in [0.4, 0.5) is 13.2 Å². The van der Waals surface area contributed by atoms with Gasteiger partial charge in [0.25, 0.3) is 0 Å². The van der Waals surface area contributed by atoms with Crippen LogP contribution in [0.25, 0.3) is 0 Å². The van der Waals surface area contributed by atoms with Gasteiger partial charge in [-0.3, -0.25) is 4.99 Å². The maximum atomic E-state index is 12.6. The van der Waals surface area contributed by atoms with Gasteiger partial charge in [0.15, 0.2) is 0 Å². The first-order valence-electron chi connectivity index (χ1n) is 4.88. The molecule has 0 aromatic carbocycles. The van der Waals surface area contributed by atoms with Crippen molar-refractivity contribution < 1.29 is 13.2 Å². The average Bonchev–Trinajstić information content (AvgIpc) is 2.64. The SMILES string of the molecule is CN=C(C=C(NC)C(F)(F)F)c1ccc(C)s1. The van der Waals surface area contributed by atoms with E-state index in [4.69, 9.17) is 0 Å². The van der Waals surface area contributed by atoms with E-state index in [-0.39, 0.29) is 0 Å². The first-order chi connectivity index (χ1) is 7.88. The maximum absolute atomic E-state index is 12.6. The van der Waals surface area contributed by atoms with E-state index in [2.05, 4.69) is 10.3 Å². The van der Waals surface area contributed by atoms with Crippen molar-refractivity contribution in [1.29, 1.82) is 0 Å². The molecule has 0 saturated carbocycles. The first kappa shape index (κ1) is 13.8. The average molecular weight is 262 g/mol. The first-order valence-corrected chi connectivity index (χ1v) is 5.70. The van der Waals surface area contributed by atoms with E-state index in [1.54, 1.807) is 6.07 Å². The summed E-state index contributed by atoms with van der Waals surface area (Å²) in [4.78, 5) is 5.64. The summed E-state index contributed by atoms with van der Waals surface area (Å²) in [6, 6.07) is 3.62. The van der Waals surface area contributed by atoms with E-state index in [0.29, 0.717) is 5.71 Å². The highest BCUT2D eigenvalue weighted by molar-refractivity contribution is 7.14. The highest BCUT2D eigenvalue weighted by Gasteiger charge is 2.33. The van der Waals surface area contributed by atoms with Gasteiger partial charge in [-0.05, 0) is 25.1 Å². The van der Waals surface area contributed by atoms with Gasteiger partial charge in [-0.2, -0.15) is 13.2 Å². The number of thiophene rings is 1. The molecule has 1 aromatic rings. The van der Waals surface area contributed by atoms with Crippen LogP contribution in [0.2, 0.25) is 0 Å². The predicted octanol–water partition coefficient (Wildman–Crippen LogP) is 3.14. The number of aryl methyl sites for hydroxylation is 1. The summed E-state index contributed by atoms with van der Waals surface area (Å²) in [6.45, 7) is 1.90. The zero-order valence-corrected chi connectivity index (χ0v) is 10.5. The molecule has 0 aliphatic rings. The molecule has 0 fully saturated rings. The van der Waals surface area contributed by atoms with Crippen LogP contribution < -0.4 is 5.32 Å². The molecule has 0 saturated heterocycles. The maximum Gasteiger partial charge on any atom is 0.430 e. The molecule has 1 N–H and O–H groups in total. The number of hydrogen-bond acceptors (Lipinski definition) is 3. The third-order valence-electron chi connectivity index (χ3n) is 2.09. The summed E-state index contributed by atoms with van der Waals surface area (Å²) >= 11 is 1.41. The third-order valence-corrected chi connectivity index (χ3v) is 3.11. The van der Waals surface area contributed by atoms with Gasteiger partial charge < -0.3 is 5.32 Å². The quantitative estimate of drug-likeness (QED) is 0.831. The molecule has 0 spiro atoms. The topological polar surface area (TPSA) is 24.4 Å². The highest BCUT2D eigenvalue weighted by atomic mass is 32.1. The molecule has 6 heteroatoms. The van der Waals surface area contributed by atoms with Crippen LogP contribution in [-0.4, -0.2) is 26.0 Å². The van der Waals surface area contributed by atoms with Gasteiger partial charge in [0.05, 0.1) is 10.6 Å². The van der Waals surface area contributed by atoms with Gasteiger partial charge in [-0.25, -0.2) is 0 Å². The third kappa shape index (κ3) is 3.59. The van der Waals surface area contributed by atoms with Crippen LogP contribution >= 0.6 is 11.3 Å². The van der Waals surface area contributed by atoms with Crippen LogP contribution in [-0.2, 0) is 0 Å². The van der Waals surface area contributed by atoms with Crippen LogP contribution in [0.1, 0.15) is 9.75 Å². The van der Waals surface area contributed by atoms with Crippen molar-refractivity contribution >= 4 is 17.0 Å². The molecular weight excluding hydrogens is 249 g/mol. The standard InChI is InChI=1S/C11H13F3N2S/c1-7-4-5-9(17-7)8(15-2)6-10(16-3)11(12,13)14/h4-6,16H,1-3H3. The Balaban J connectivity index is 3.09. The molecule has 0 radical (unpaired) electrons. The fraction of sp³-hybridized carbons (Fsp3) is 0.364. The second-order valence-corrected chi connectivity index (χ2v) is 4.61. The number of alkyl halides is 3. The molecular formula is C11H13F3N2S. The van der Waals surface area contributed by atoms with Gasteiger partial charge in [-0.15, -0.1) is 11.3 Å². The molecule has 0 aliphatic heterocycles. The molecule has 1 rings (SSSR count). The van der Waals surface area contributed by atoms with Crippen molar-refractivity contribution in [3.8, 4) is 0 Å². The van der Waals surface area contributed by atoms with Crippen molar-refractivity contribution in [3.05, 3.63) is 33.7 Å². The largest absolute Gasteiger partial charge is 0.430 e. The van der Waals surface area contributed by atoms with Gasteiger partial charge in [0, 0.05) is 19.0 Å². The van der Waals surface area contributed by atoms with E-state index in [1.807, 2.05) is 13.0 Å². The summed E-state index contributed by atoms with van der Waals surface area (Å²) in [5, 5.41) is 2.14. The van der Waals surface area contributed by atoms with Crippen LogP contribution in [0.3, 0.4) is 0 Å². The van der Waals surface area contributed by atoms with E-state index in [1.165, 1.54) is 25.4 Å². The summed E-state index contributed by atoms with van der Waals surface area (Å²) < 4.78 is 37.7. The van der Waals surface area contributed by atoms with Crippen molar-refractivity contribution in [2.75, 3.05) is 14.1 Å². The lowest BCUT2D eigenvalue weighted by atomic mass is 10.2. The fourth-order valence-corrected chi connectivity index (χ4v) is 2.12. The fourth-order valence-electron chi connectivity index (χ4n) is 1.25. The summed E-state index contributed by atoms with van der Waals surface area (Å²) in [6.07, 6.45) is -3.37. The molecule has 2 nitrogen and oxygen atoms in total. The Labute approximate surface area is 102 Å². The Morgan fingerprint density at radius 3 is 2.41 bits per heavy atom. The van der Waals surface area contributed by atoms with E-state index >= 15 is 0 Å². The van der Waals surface area contributed by atoms with Crippen molar-refractivity contribution in [1.82, 2.24) is 5.32 Å². The smallest absolute Gasteiger partial charge is 0.384 e. The minimum absolute atomic E-state index is 0.324. The van der Waals surface area contributed by atoms with Crippen molar-refractivity contribution in [2.24, 2.45) is 4.99 Å². The molecule has 17 heavy (non-hydrogen) atoms. The minimum atomic E-state index is -4.39. The summed E-state index contributed by atoms with van der Waals surface area (Å²) in [5.74, 6) is 0. The zero-order chi connectivity index (χ0) is 13.1. The monoisotopic (exact) mass is 262 g/mol. The number of aliphatic imine (C=N–C) groups is 1. The molecule has 0 amide bonds. The van der Waals surface area contributed by atoms with E-state index in [0.717, 1.165) is 15.8 Å². The molecule has 94 valence electrons. The minimum Gasteiger partial charge on any atom is -0.384 e. The Morgan fingerprint density at radius 1 is 1.41 bits per heavy atom. The van der Waals surface area contributed by atoms with E-state index < -0.39 is 11.9 Å². The number of nitrogens with one attached hydrogen (secondary N) is 1. The number of halogens is 3. The molecule has 0 unspecified atom stereocenters. The van der Waals surface area contributed by atoms with Crippen LogP contribution in [0, 0.1) is 6.92 Å². The molecule has 0 bridgehead atoms. The van der Waals surface area contributed by atoms with E-state index in [9.17, 15) is 13.2 Å². The van der Waals surface area contributed by atoms with Gasteiger partial charge in [0.2, 0.25) is 0 Å². The second kappa shape index (κ2) is 5.35. The number of allylic oxidation sites excluding steroid dienone is 2. The lowest BCUT2D eigenvalue weighted by Gasteiger charge is -2.11. The van der Waals surface area contributed by atoms with Gasteiger partial charge in [0.1, 0.15) is 5.70 Å². The molecule has 1 aromatic heterocycles. The molecule has 1 heterocycles. The van der Waals surface area contributed by atoms with Gasteiger partial charge >= 0.3 is 6.18 Å². The van der Waals surface area contributed by atoms with Gasteiger partial charge in [-0.1, -0.05) is 0 Å². The normalized spacial score (nSPS) is 14.0. The number of rotatable bonds is 3.